The molecular weight excluding hydrogens is 320 g/mol. The summed E-state index contributed by atoms with van der Waals surface area (Å²) in [5.41, 5.74) is -0.0912. The Morgan fingerprint density at radius 3 is 2.59 bits per heavy atom. The normalized spacial score (nSPS) is 17.6. The van der Waals surface area contributed by atoms with Gasteiger partial charge in [0.2, 0.25) is 0 Å². The third kappa shape index (κ3) is 4.10. The molecule has 1 aliphatic rings. The van der Waals surface area contributed by atoms with Crippen LogP contribution >= 0.6 is 12.4 Å². The summed E-state index contributed by atoms with van der Waals surface area (Å²) in [6.45, 7) is 0.607. The lowest BCUT2D eigenvalue weighted by Crippen LogP contribution is -2.51. The molecule has 1 aliphatic heterocycles. The molecule has 1 atom stereocenters. The fourth-order valence-corrected chi connectivity index (χ4v) is 2.56. The lowest BCUT2D eigenvalue weighted by atomic mass is 9.98. The Morgan fingerprint density at radius 1 is 1.41 bits per heavy atom. The van der Waals surface area contributed by atoms with Crippen molar-refractivity contribution in [2.45, 2.75) is 12.0 Å². The molecule has 22 heavy (non-hydrogen) atoms. The van der Waals surface area contributed by atoms with Crippen molar-refractivity contribution >= 4 is 18.1 Å². The summed E-state index contributed by atoms with van der Waals surface area (Å²) in [5, 5.41) is 22.9. The lowest BCUT2D eigenvalue weighted by molar-refractivity contribution is -0.385. The lowest BCUT2D eigenvalue weighted by Gasteiger charge is -2.38. The van der Waals surface area contributed by atoms with Crippen LogP contribution in [0.1, 0.15) is 11.6 Å². The van der Waals surface area contributed by atoms with Crippen LogP contribution in [0.3, 0.4) is 0 Å². The van der Waals surface area contributed by atoms with Gasteiger partial charge in [-0.1, -0.05) is 12.1 Å². The summed E-state index contributed by atoms with van der Waals surface area (Å²) < 4.78 is 28.3. The van der Waals surface area contributed by atoms with Crippen LogP contribution in [-0.2, 0) is 0 Å². The zero-order valence-corrected chi connectivity index (χ0v) is 12.6. The first-order chi connectivity index (χ1) is 9.95. The molecular formula is C13H18ClF2N3O3. The summed E-state index contributed by atoms with van der Waals surface area (Å²) in [6.07, 6.45) is 0. The number of hydrogen-bond acceptors (Lipinski definition) is 5. The number of nitro groups is 1. The maximum Gasteiger partial charge on any atom is 0.289 e. The smallest absolute Gasteiger partial charge is 0.289 e. The minimum absolute atomic E-state index is 0. The molecule has 1 saturated heterocycles. The molecule has 1 heterocycles. The first kappa shape index (κ1) is 18.7. The Morgan fingerprint density at radius 2 is 2.05 bits per heavy atom. The molecule has 9 heteroatoms. The SMILES string of the molecule is Cl.O=[N+]([O-])c1cccc([C@H](N2CCNCC2)C(F)(F)CO)c1. The molecule has 2 N–H and O–H groups in total. The third-order valence-corrected chi connectivity index (χ3v) is 3.52. The molecule has 0 saturated carbocycles. The van der Waals surface area contributed by atoms with E-state index in [2.05, 4.69) is 5.32 Å². The zero-order chi connectivity index (χ0) is 15.5. The van der Waals surface area contributed by atoms with Gasteiger partial charge in [0.15, 0.2) is 0 Å². The van der Waals surface area contributed by atoms with Gasteiger partial charge in [-0.3, -0.25) is 15.0 Å². The number of nitrogens with one attached hydrogen (secondary N) is 1. The highest BCUT2D eigenvalue weighted by Gasteiger charge is 2.44. The quantitative estimate of drug-likeness (QED) is 0.630. The van der Waals surface area contributed by atoms with Crippen LogP contribution in [0.2, 0.25) is 0 Å². The predicted molar refractivity (Wildman–Crippen MR) is 79.6 cm³/mol. The second kappa shape index (κ2) is 7.77. The third-order valence-electron chi connectivity index (χ3n) is 3.52. The van der Waals surface area contributed by atoms with Crippen LogP contribution < -0.4 is 5.32 Å². The van der Waals surface area contributed by atoms with Crippen LogP contribution in [0.25, 0.3) is 0 Å². The Labute approximate surface area is 132 Å². The highest BCUT2D eigenvalue weighted by Crippen LogP contribution is 2.37. The highest BCUT2D eigenvalue weighted by molar-refractivity contribution is 5.85. The van der Waals surface area contributed by atoms with Gasteiger partial charge in [-0.25, -0.2) is 8.78 Å². The molecule has 0 amide bonds. The Kier molecular flexibility index (Phi) is 6.61. The molecule has 124 valence electrons. The van der Waals surface area contributed by atoms with Gasteiger partial charge in [0.25, 0.3) is 11.6 Å². The van der Waals surface area contributed by atoms with E-state index in [9.17, 15) is 18.9 Å². The number of nitro benzene ring substituents is 1. The molecule has 1 fully saturated rings. The van der Waals surface area contributed by atoms with E-state index in [0.29, 0.717) is 26.2 Å². The van der Waals surface area contributed by atoms with Crippen molar-refractivity contribution in [3.8, 4) is 0 Å². The minimum atomic E-state index is -3.37. The predicted octanol–water partition coefficient (Wildman–Crippen LogP) is 1.59. The minimum Gasteiger partial charge on any atom is -0.390 e. The first-order valence-electron chi connectivity index (χ1n) is 6.63. The number of benzene rings is 1. The first-order valence-corrected chi connectivity index (χ1v) is 6.63. The van der Waals surface area contributed by atoms with Crippen molar-refractivity contribution < 1.29 is 18.8 Å². The number of piperazine rings is 1. The van der Waals surface area contributed by atoms with Crippen molar-refractivity contribution in [2.75, 3.05) is 32.8 Å². The average molecular weight is 338 g/mol. The van der Waals surface area contributed by atoms with Gasteiger partial charge < -0.3 is 10.4 Å². The standard InChI is InChI=1S/C13H17F2N3O3.ClH/c14-13(15,9-19)12(17-6-4-16-5-7-17)10-2-1-3-11(8-10)18(20)21;/h1-3,8,12,16,19H,4-7,9H2;1H/t12-;/m0./s1. The number of hydrogen-bond donors (Lipinski definition) is 2. The summed E-state index contributed by atoms with van der Waals surface area (Å²) in [7, 11) is 0. The van der Waals surface area contributed by atoms with Crippen molar-refractivity contribution in [3.05, 3.63) is 39.9 Å². The monoisotopic (exact) mass is 337 g/mol. The fraction of sp³-hybridized carbons (Fsp3) is 0.538. The van der Waals surface area contributed by atoms with Crippen molar-refractivity contribution in [1.29, 1.82) is 0 Å². The Bertz CT molecular complexity index is 513. The maximum atomic E-state index is 14.1. The number of non-ortho nitro benzene ring substituents is 1. The Balaban J connectivity index is 0.00000242. The number of nitrogens with zero attached hydrogens (tertiary/aromatic N) is 2. The molecule has 0 radical (unpaired) electrons. The van der Waals surface area contributed by atoms with Crippen LogP contribution in [-0.4, -0.2) is 53.6 Å². The molecule has 0 bridgehead atoms. The number of alkyl halides is 2. The van der Waals surface area contributed by atoms with Gasteiger partial charge in [-0.05, 0) is 5.56 Å². The van der Waals surface area contributed by atoms with Crippen molar-refractivity contribution in [1.82, 2.24) is 10.2 Å². The topological polar surface area (TPSA) is 78.6 Å². The second-order valence-corrected chi connectivity index (χ2v) is 4.96. The van der Waals surface area contributed by atoms with E-state index < -0.39 is 23.5 Å². The molecule has 0 unspecified atom stereocenters. The molecule has 1 aromatic rings. The molecule has 6 nitrogen and oxygen atoms in total. The number of aliphatic hydroxyl groups excluding tert-OH is 1. The number of halogens is 3. The number of aliphatic hydroxyl groups is 1. The fourth-order valence-electron chi connectivity index (χ4n) is 2.56. The van der Waals surface area contributed by atoms with Gasteiger partial charge in [-0.2, -0.15) is 0 Å². The van der Waals surface area contributed by atoms with Gasteiger partial charge >= 0.3 is 0 Å². The van der Waals surface area contributed by atoms with Crippen LogP contribution in [0.4, 0.5) is 14.5 Å². The largest absolute Gasteiger partial charge is 0.390 e. The molecule has 0 aromatic heterocycles. The van der Waals surface area contributed by atoms with E-state index in [4.69, 9.17) is 5.11 Å². The summed E-state index contributed by atoms with van der Waals surface area (Å²) in [6, 6.07) is 3.86. The Hall–Kier alpha value is -1.35. The molecule has 1 aromatic carbocycles. The van der Waals surface area contributed by atoms with E-state index >= 15 is 0 Å². The van der Waals surface area contributed by atoms with Crippen LogP contribution in [0, 0.1) is 10.1 Å². The maximum absolute atomic E-state index is 14.1. The van der Waals surface area contributed by atoms with Gasteiger partial charge in [-0.15, -0.1) is 12.4 Å². The van der Waals surface area contributed by atoms with E-state index in [1.807, 2.05) is 0 Å². The molecule has 2 rings (SSSR count). The van der Waals surface area contributed by atoms with Crippen LogP contribution in [0.5, 0.6) is 0 Å². The second-order valence-electron chi connectivity index (χ2n) is 4.96. The van der Waals surface area contributed by atoms with Gasteiger partial charge in [0.1, 0.15) is 12.6 Å². The highest BCUT2D eigenvalue weighted by atomic mass is 35.5. The average Bonchev–Trinajstić information content (AvgIpc) is 2.48. The van der Waals surface area contributed by atoms with Crippen LogP contribution in [0.15, 0.2) is 24.3 Å². The molecule has 0 spiro atoms. The van der Waals surface area contributed by atoms with E-state index in [1.165, 1.54) is 18.2 Å². The van der Waals surface area contributed by atoms with E-state index in [0.717, 1.165) is 6.07 Å². The zero-order valence-electron chi connectivity index (χ0n) is 11.7. The molecule has 0 aliphatic carbocycles. The van der Waals surface area contributed by atoms with Crippen molar-refractivity contribution in [3.63, 3.8) is 0 Å². The van der Waals surface area contributed by atoms with E-state index in [1.54, 1.807) is 4.90 Å². The summed E-state index contributed by atoms with van der Waals surface area (Å²) in [4.78, 5) is 11.7. The summed E-state index contributed by atoms with van der Waals surface area (Å²) in [5.74, 6) is -3.37. The van der Waals surface area contributed by atoms with Crippen molar-refractivity contribution in [2.24, 2.45) is 0 Å². The van der Waals surface area contributed by atoms with Gasteiger partial charge in [0, 0.05) is 38.3 Å². The number of rotatable bonds is 5. The summed E-state index contributed by atoms with van der Waals surface area (Å²) >= 11 is 0. The van der Waals surface area contributed by atoms with Gasteiger partial charge in [0.05, 0.1) is 4.92 Å². The van der Waals surface area contributed by atoms with E-state index in [-0.39, 0.29) is 23.7 Å².